The largest absolute Gasteiger partial charge is 0.481 e. The van der Waals surface area contributed by atoms with Gasteiger partial charge in [-0.25, -0.2) is 4.79 Å². The SMILES string of the molecule is N=C(N)Nc1cccc(C(=O)NCC(=O)Nc2cccc(CCC(=O)O)c2OCC(=O)O)c1. The molecule has 12 heteroatoms. The van der Waals surface area contributed by atoms with Crippen LogP contribution in [0.3, 0.4) is 0 Å². The quantitative estimate of drug-likeness (QED) is 0.188. The standard InChI is InChI=1S/C21H23N5O7/c22-21(23)25-14-5-1-4-13(9-14)20(32)24-10-16(27)26-15-6-2-3-12(7-8-17(28)29)19(15)33-11-18(30)31/h1-6,9H,7-8,10-11H2,(H,24,32)(H,26,27)(H,28,29)(H,30,31)(H4,22,23,25). The van der Waals surface area contributed by atoms with Crippen molar-refractivity contribution < 1.29 is 34.1 Å². The summed E-state index contributed by atoms with van der Waals surface area (Å²) in [6.45, 7) is -1.09. The number of hydrogen-bond donors (Lipinski definition) is 7. The summed E-state index contributed by atoms with van der Waals surface area (Å²) in [7, 11) is 0. The van der Waals surface area contributed by atoms with Gasteiger partial charge in [-0.3, -0.25) is 19.8 Å². The summed E-state index contributed by atoms with van der Waals surface area (Å²) in [6.07, 6.45) is -0.149. The second kappa shape index (κ2) is 11.7. The Morgan fingerprint density at radius 1 is 1.00 bits per heavy atom. The van der Waals surface area contributed by atoms with E-state index in [0.29, 0.717) is 11.3 Å². The van der Waals surface area contributed by atoms with Crippen LogP contribution in [0.1, 0.15) is 22.3 Å². The smallest absolute Gasteiger partial charge is 0.341 e. The van der Waals surface area contributed by atoms with Crippen LogP contribution in [-0.4, -0.2) is 53.1 Å². The molecule has 0 aromatic heterocycles. The van der Waals surface area contributed by atoms with E-state index >= 15 is 0 Å². The van der Waals surface area contributed by atoms with Gasteiger partial charge < -0.3 is 36.6 Å². The Bertz CT molecular complexity index is 1070. The third kappa shape index (κ3) is 8.20. The molecule has 0 aliphatic rings. The average molecular weight is 457 g/mol. The lowest BCUT2D eigenvalue weighted by Crippen LogP contribution is -2.33. The van der Waals surface area contributed by atoms with Gasteiger partial charge in [0.15, 0.2) is 12.6 Å². The lowest BCUT2D eigenvalue weighted by Gasteiger charge is -2.15. The first-order valence-corrected chi connectivity index (χ1v) is 9.63. The molecule has 8 N–H and O–H groups in total. The topological polar surface area (TPSA) is 204 Å². The van der Waals surface area contributed by atoms with Crippen molar-refractivity contribution in [3.05, 3.63) is 53.6 Å². The first-order valence-electron chi connectivity index (χ1n) is 9.63. The van der Waals surface area contributed by atoms with E-state index in [0.717, 1.165) is 0 Å². The van der Waals surface area contributed by atoms with Crippen LogP contribution in [0.4, 0.5) is 11.4 Å². The molecule has 0 unspecified atom stereocenters. The van der Waals surface area contributed by atoms with E-state index in [-0.39, 0.29) is 35.8 Å². The van der Waals surface area contributed by atoms with Gasteiger partial charge in [0, 0.05) is 17.7 Å². The molecule has 0 fully saturated rings. The van der Waals surface area contributed by atoms with Gasteiger partial charge in [0.05, 0.1) is 12.2 Å². The number of carbonyl (C=O) groups excluding carboxylic acids is 2. The monoisotopic (exact) mass is 457 g/mol. The minimum absolute atomic E-state index is 0.0452. The predicted molar refractivity (Wildman–Crippen MR) is 118 cm³/mol. The zero-order valence-corrected chi connectivity index (χ0v) is 17.4. The Morgan fingerprint density at radius 2 is 1.73 bits per heavy atom. The molecule has 0 heterocycles. The van der Waals surface area contributed by atoms with Crippen molar-refractivity contribution in [3.8, 4) is 5.75 Å². The van der Waals surface area contributed by atoms with E-state index in [4.69, 9.17) is 26.1 Å². The fraction of sp³-hybridized carbons (Fsp3) is 0.190. The Hall–Kier alpha value is -4.61. The third-order valence-electron chi connectivity index (χ3n) is 4.13. The van der Waals surface area contributed by atoms with E-state index in [1.165, 1.54) is 18.2 Å². The maximum Gasteiger partial charge on any atom is 0.341 e. The molecule has 0 saturated carbocycles. The fourth-order valence-corrected chi connectivity index (χ4v) is 2.78. The number of carboxylic acid groups (broad SMARTS) is 2. The van der Waals surface area contributed by atoms with Crippen LogP contribution in [0.25, 0.3) is 0 Å². The van der Waals surface area contributed by atoms with Crippen molar-refractivity contribution in [3.63, 3.8) is 0 Å². The van der Waals surface area contributed by atoms with Gasteiger partial charge in [0.25, 0.3) is 5.91 Å². The average Bonchev–Trinajstić information content (AvgIpc) is 2.74. The van der Waals surface area contributed by atoms with Crippen molar-refractivity contribution in [2.45, 2.75) is 12.8 Å². The molecule has 2 aromatic carbocycles. The Balaban J connectivity index is 2.07. The number of hydrogen-bond acceptors (Lipinski definition) is 6. The van der Waals surface area contributed by atoms with Gasteiger partial charge in [0.1, 0.15) is 5.75 Å². The Labute approximate surface area is 188 Å². The molecule has 0 aliphatic heterocycles. The lowest BCUT2D eigenvalue weighted by atomic mass is 10.1. The van der Waals surface area contributed by atoms with Crippen LogP contribution < -0.4 is 26.4 Å². The van der Waals surface area contributed by atoms with Crippen molar-refractivity contribution in [1.82, 2.24) is 5.32 Å². The summed E-state index contributed by atoms with van der Waals surface area (Å²) in [6, 6.07) is 10.8. The maximum atomic E-state index is 12.4. The number of ether oxygens (including phenoxy) is 1. The summed E-state index contributed by atoms with van der Waals surface area (Å²) >= 11 is 0. The van der Waals surface area contributed by atoms with E-state index in [2.05, 4.69) is 16.0 Å². The minimum Gasteiger partial charge on any atom is -0.481 e. The van der Waals surface area contributed by atoms with Gasteiger partial charge >= 0.3 is 11.9 Å². The minimum atomic E-state index is -1.24. The number of carbonyl (C=O) groups is 4. The number of para-hydroxylation sites is 1. The summed E-state index contributed by atoms with van der Waals surface area (Å²) in [5.74, 6) is -3.69. The van der Waals surface area contributed by atoms with Gasteiger partial charge in [-0.1, -0.05) is 18.2 Å². The van der Waals surface area contributed by atoms with Gasteiger partial charge in [-0.15, -0.1) is 0 Å². The van der Waals surface area contributed by atoms with E-state index < -0.39 is 36.9 Å². The van der Waals surface area contributed by atoms with Crippen LogP contribution in [0.15, 0.2) is 42.5 Å². The molecule has 0 aliphatic carbocycles. The van der Waals surface area contributed by atoms with Gasteiger partial charge in [-0.2, -0.15) is 0 Å². The highest BCUT2D eigenvalue weighted by atomic mass is 16.5. The summed E-state index contributed by atoms with van der Waals surface area (Å²) in [5, 5.41) is 32.6. The number of benzene rings is 2. The number of guanidine groups is 1. The van der Waals surface area contributed by atoms with Crippen molar-refractivity contribution in [2.75, 3.05) is 23.8 Å². The predicted octanol–water partition coefficient (Wildman–Crippen LogP) is 0.841. The molecule has 2 aromatic rings. The zero-order valence-electron chi connectivity index (χ0n) is 17.4. The molecule has 174 valence electrons. The number of anilines is 2. The van der Waals surface area contributed by atoms with E-state index in [9.17, 15) is 19.2 Å². The molecule has 2 rings (SSSR count). The van der Waals surface area contributed by atoms with Crippen molar-refractivity contribution >= 4 is 41.1 Å². The number of aryl methyl sites for hydroxylation is 1. The van der Waals surface area contributed by atoms with Crippen molar-refractivity contribution in [2.24, 2.45) is 5.73 Å². The highest BCUT2D eigenvalue weighted by Crippen LogP contribution is 2.30. The summed E-state index contributed by atoms with van der Waals surface area (Å²) in [4.78, 5) is 46.5. The number of nitrogens with two attached hydrogens (primary N) is 1. The molecular weight excluding hydrogens is 434 g/mol. The number of aliphatic carboxylic acids is 2. The fourth-order valence-electron chi connectivity index (χ4n) is 2.78. The van der Waals surface area contributed by atoms with Gasteiger partial charge in [-0.05, 0) is 36.2 Å². The van der Waals surface area contributed by atoms with Crippen LogP contribution in [0.5, 0.6) is 5.75 Å². The highest BCUT2D eigenvalue weighted by molar-refractivity contribution is 6.01. The van der Waals surface area contributed by atoms with Gasteiger partial charge in [0.2, 0.25) is 5.91 Å². The summed E-state index contributed by atoms with van der Waals surface area (Å²) < 4.78 is 5.27. The van der Waals surface area contributed by atoms with E-state index in [1.807, 2.05) is 0 Å². The first kappa shape index (κ1) is 24.7. The first-order chi connectivity index (χ1) is 15.7. The van der Waals surface area contributed by atoms with E-state index in [1.54, 1.807) is 24.3 Å². The molecule has 0 radical (unpaired) electrons. The molecule has 0 bridgehead atoms. The number of carboxylic acids is 2. The Kier molecular flexibility index (Phi) is 8.74. The normalized spacial score (nSPS) is 10.1. The highest BCUT2D eigenvalue weighted by Gasteiger charge is 2.16. The number of amides is 2. The molecule has 0 atom stereocenters. The zero-order chi connectivity index (χ0) is 24.4. The third-order valence-corrected chi connectivity index (χ3v) is 4.13. The Morgan fingerprint density at radius 3 is 2.39 bits per heavy atom. The molecular formula is C21H23N5O7. The maximum absolute atomic E-state index is 12.4. The molecule has 0 saturated heterocycles. The number of rotatable bonds is 11. The molecule has 33 heavy (non-hydrogen) atoms. The second-order valence-corrected chi connectivity index (χ2v) is 6.72. The molecule has 2 amide bonds. The summed E-state index contributed by atoms with van der Waals surface area (Å²) in [5.41, 5.74) is 6.48. The lowest BCUT2D eigenvalue weighted by molar-refractivity contribution is -0.139. The second-order valence-electron chi connectivity index (χ2n) is 6.72. The molecule has 0 spiro atoms. The van der Waals surface area contributed by atoms with Crippen LogP contribution in [0, 0.1) is 5.41 Å². The van der Waals surface area contributed by atoms with Crippen LogP contribution in [-0.2, 0) is 20.8 Å². The van der Waals surface area contributed by atoms with Crippen LogP contribution in [0.2, 0.25) is 0 Å². The van der Waals surface area contributed by atoms with Crippen molar-refractivity contribution in [1.29, 1.82) is 5.41 Å². The number of nitrogens with one attached hydrogen (secondary N) is 4. The molecule has 12 nitrogen and oxygen atoms in total. The van der Waals surface area contributed by atoms with Crippen LogP contribution >= 0.6 is 0 Å².